The normalized spacial score (nSPS) is 26.9. The number of rotatable bonds is 2. The first-order valence-corrected chi connectivity index (χ1v) is 5.11. The Kier molecular flexibility index (Phi) is 2.94. The van der Waals surface area contributed by atoms with Gasteiger partial charge in [-0.3, -0.25) is 9.69 Å². The van der Waals surface area contributed by atoms with Crippen molar-refractivity contribution < 1.29 is 9.90 Å². The lowest BCUT2D eigenvalue weighted by molar-refractivity contribution is -0.148. The molecule has 1 heterocycles. The number of carbonyl (C=O) groups excluding carboxylic acids is 1. The van der Waals surface area contributed by atoms with Crippen LogP contribution in [-0.2, 0) is 4.79 Å². The van der Waals surface area contributed by atoms with E-state index in [1.54, 1.807) is 18.7 Å². The van der Waals surface area contributed by atoms with E-state index in [1.165, 1.54) is 6.08 Å². The summed E-state index contributed by atoms with van der Waals surface area (Å²) in [7, 11) is 0. The third kappa shape index (κ3) is 2.21. The van der Waals surface area contributed by atoms with E-state index in [0.717, 1.165) is 0 Å². The summed E-state index contributed by atoms with van der Waals surface area (Å²) >= 11 is 0. The topological polar surface area (TPSA) is 52.6 Å². The maximum atomic E-state index is 11.9. The number of aliphatic hydroxyl groups is 1. The molecule has 15 heavy (non-hydrogen) atoms. The Balaban J connectivity index is 3.00. The number of amides is 1. The smallest absolute Gasteiger partial charge is 0.240 e. The predicted octanol–water partition coefficient (Wildman–Crippen LogP) is 0.480. The van der Waals surface area contributed by atoms with Gasteiger partial charge in [0, 0.05) is 12.1 Å². The van der Waals surface area contributed by atoms with Gasteiger partial charge in [-0.25, -0.2) is 0 Å². The van der Waals surface area contributed by atoms with E-state index in [-0.39, 0.29) is 11.4 Å². The molecular weight excluding hydrogens is 192 g/mol. The Morgan fingerprint density at radius 3 is 2.53 bits per heavy atom. The molecule has 1 saturated heterocycles. The first-order chi connectivity index (χ1) is 6.70. The molecule has 4 nitrogen and oxygen atoms in total. The summed E-state index contributed by atoms with van der Waals surface area (Å²) in [5.74, 6) is -0.0698. The van der Waals surface area contributed by atoms with Crippen LogP contribution in [0, 0.1) is 0 Å². The zero-order valence-electron chi connectivity index (χ0n) is 9.87. The molecule has 0 aromatic rings. The molecule has 1 amide bonds. The van der Waals surface area contributed by atoms with Gasteiger partial charge in [-0.15, -0.1) is 0 Å². The summed E-state index contributed by atoms with van der Waals surface area (Å²) in [4.78, 5) is 13.6. The molecule has 1 aliphatic rings. The summed E-state index contributed by atoms with van der Waals surface area (Å²) in [6, 6.07) is 0. The minimum absolute atomic E-state index is 0.0698. The minimum Gasteiger partial charge on any atom is -0.375 e. The van der Waals surface area contributed by atoms with Gasteiger partial charge in [0.15, 0.2) is 0 Å². The van der Waals surface area contributed by atoms with Crippen molar-refractivity contribution in [2.45, 2.75) is 45.0 Å². The highest BCUT2D eigenvalue weighted by molar-refractivity contribution is 5.87. The Morgan fingerprint density at radius 2 is 2.07 bits per heavy atom. The second-order valence-electron chi connectivity index (χ2n) is 5.17. The van der Waals surface area contributed by atoms with Gasteiger partial charge in [-0.1, -0.05) is 6.58 Å². The highest BCUT2D eigenvalue weighted by atomic mass is 16.3. The highest BCUT2D eigenvalue weighted by Gasteiger charge is 2.46. The molecule has 86 valence electrons. The second-order valence-corrected chi connectivity index (χ2v) is 5.17. The number of piperazine rings is 1. The number of nitrogens with zero attached hydrogens (tertiary/aromatic N) is 1. The fraction of sp³-hybridized carbons (Fsp3) is 0.727. The summed E-state index contributed by atoms with van der Waals surface area (Å²) in [5.41, 5.74) is -1.03. The molecule has 1 fully saturated rings. The van der Waals surface area contributed by atoms with Gasteiger partial charge in [-0.05, 0) is 33.8 Å². The molecule has 4 heteroatoms. The summed E-state index contributed by atoms with van der Waals surface area (Å²) in [6.45, 7) is 11.6. The molecule has 0 aromatic heterocycles. The van der Waals surface area contributed by atoms with Gasteiger partial charge < -0.3 is 10.4 Å². The Labute approximate surface area is 91.0 Å². The Hall–Kier alpha value is -0.870. The average Bonchev–Trinajstić information content (AvgIpc) is 2.10. The molecule has 1 aliphatic heterocycles. The largest absolute Gasteiger partial charge is 0.375 e. The third-order valence-electron chi connectivity index (χ3n) is 2.82. The average molecular weight is 212 g/mol. The van der Waals surface area contributed by atoms with Gasteiger partial charge in [0.25, 0.3) is 0 Å². The number of carbonyl (C=O) groups is 1. The molecular formula is C11H20N2O2. The van der Waals surface area contributed by atoms with Crippen LogP contribution in [0.4, 0.5) is 0 Å². The zero-order valence-corrected chi connectivity index (χ0v) is 9.87. The van der Waals surface area contributed by atoms with Crippen LogP contribution >= 0.6 is 0 Å². The summed E-state index contributed by atoms with van der Waals surface area (Å²) < 4.78 is 0. The van der Waals surface area contributed by atoms with Gasteiger partial charge in [0.05, 0.1) is 5.54 Å². The number of aliphatic hydroxyl groups excluding tert-OH is 1. The van der Waals surface area contributed by atoms with Crippen LogP contribution in [0.25, 0.3) is 0 Å². The van der Waals surface area contributed by atoms with Crippen molar-refractivity contribution >= 4 is 5.91 Å². The second kappa shape index (κ2) is 3.61. The number of hydrogen-bond donors (Lipinski definition) is 2. The van der Waals surface area contributed by atoms with Crippen LogP contribution in [0.3, 0.4) is 0 Å². The number of hydrogen-bond acceptors (Lipinski definition) is 3. The Bertz CT molecular complexity index is 284. The fourth-order valence-electron chi connectivity index (χ4n) is 1.81. The zero-order chi connectivity index (χ0) is 11.9. The minimum atomic E-state index is -0.787. The molecule has 0 aromatic carbocycles. The van der Waals surface area contributed by atoms with Gasteiger partial charge in [0.2, 0.25) is 5.91 Å². The van der Waals surface area contributed by atoms with Crippen molar-refractivity contribution in [2.24, 2.45) is 0 Å². The van der Waals surface area contributed by atoms with Crippen molar-refractivity contribution in [3.63, 3.8) is 0 Å². The van der Waals surface area contributed by atoms with Gasteiger partial charge >= 0.3 is 0 Å². The number of nitrogens with one attached hydrogen (secondary N) is 1. The highest BCUT2D eigenvalue weighted by Crippen LogP contribution is 2.26. The van der Waals surface area contributed by atoms with Crippen LogP contribution in [0.2, 0.25) is 0 Å². The van der Waals surface area contributed by atoms with E-state index in [4.69, 9.17) is 0 Å². The standard InChI is InChI=1S/C11H20N2O2/c1-6-8(14)13-7-10(2,3)12-9(15)11(13,4)5/h6,8,14H,1,7H2,2-5H3,(H,12,15). The lowest BCUT2D eigenvalue weighted by Gasteiger charge is -2.49. The molecule has 0 saturated carbocycles. The maximum absolute atomic E-state index is 11.9. The molecule has 0 spiro atoms. The molecule has 0 bridgehead atoms. The summed E-state index contributed by atoms with van der Waals surface area (Å²) in [6.07, 6.45) is 0.654. The van der Waals surface area contributed by atoms with Crippen molar-refractivity contribution in [3.8, 4) is 0 Å². The maximum Gasteiger partial charge on any atom is 0.240 e. The molecule has 0 aliphatic carbocycles. The summed E-state index contributed by atoms with van der Waals surface area (Å²) in [5, 5.41) is 12.7. The van der Waals surface area contributed by atoms with Crippen molar-refractivity contribution in [1.29, 1.82) is 0 Å². The third-order valence-corrected chi connectivity index (χ3v) is 2.82. The molecule has 1 rings (SSSR count). The SMILES string of the molecule is C=CC(O)N1CC(C)(C)NC(=O)C1(C)C. The van der Waals surface area contributed by atoms with Gasteiger partial charge in [0.1, 0.15) is 6.23 Å². The fourth-order valence-corrected chi connectivity index (χ4v) is 1.81. The molecule has 1 atom stereocenters. The lowest BCUT2D eigenvalue weighted by atomic mass is 9.90. The molecule has 0 radical (unpaired) electrons. The van der Waals surface area contributed by atoms with Gasteiger partial charge in [-0.2, -0.15) is 0 Å². The van der Waals surface area contributed by atoms with Crippen LogP contribution in [0.15, 0.2) is 12.7 Å². The molecule has 2 N–H and O–H groups in total. The van der Waals surface area contributed by atoms with Crippen molar-refractivity contribution in [3.05, 3.63) is 12.7 Å². The van der Waals surface area contributed by atoms with E-state index in [2.05, 4.69) is 11.9 Å². The van der Waals surface area contributed by atoms with E-state index in [9.17, 15) is 9.90 Å². The predicted molar refractivity (Wildman–Crippen MR) is 59.2 cm³/mol. The van der Waals surface area contributed by atoms with Crippen LogP contribution in [-0.4, -0.2) is 39.8 Å². The Morgan fingerprint density at radius 1 is 1.53 bits per heavy atom. The first-order valence-electron chi connectivity index (χ1n) is 5.11. The monoisotopic (exact) mass is 212 g/mol. The van der Waals surface area contributed by atoms with E-state index >= 15 is 0 Å². The van der Waals surface area contributed by atoms with Crippen LogP contribution in [0.1, 0.15) is 27.7 Å². The van der Waals surface area contributed by atoms with Crippen molar-refractivity contribution in [1.82, 2.24) is 10.2 Å². The van der Waals surface area contributed by atoms with Crippen LogP contribution < -0.4 is 5.32 Å². The van der Waals surface area contributed by atoms with E-state index in [0.29, 0.717) is 6.54 Å². The van der Waals surface area contributed by atoms with E-state index < -0.39 is 11.8 Å². The lowest BCUT2D eigenvalue weighted by Crippen LogP contribution is -2.71. The molecule has 1 unspecified atom stereocenters. The van der Waals surface area contributed by atoms with E-state index in [1.807, 2.05) is 13.8 Å². The quantitative estimate of drug-likeness (QED) is 0.655. The van der Waals surface area contributed by atoms with Crippen LogP contribution in [0.5, 0.6) is 0 Å². The van der Waals surface area contributed by atoms with Crippen molar-refractivity contribution in [2.75, 3.05) is 6.54 Å². The first kappa shape index (κ1) is 12.2.